The highest BCUT2D eigenvalue weighted by Gasteiger charge is 2.76. The average Bonchev–Trinajstić information content (AvgIpc) is 2.81. The molecular formula is C6H6O9. The molecule has 0 radical (unpaired) electrons. The van der Waals surface area contributed by atoms with Gasteiger partial charge in [0.25, 0.3) is 0 Å². The first-order valence-corrected chi connectivity index (χ1v) is 3.54. The van der Waals surface area contributed by atoms with Crippen molar-refractivity contribution in [1.82, 2.24) is 0 Å². The van der Waals surface area contributed by atoms with Crippen LogP contribution in [0.2, 0.25) is 0 Å². The molecule has 9 heteroatoms. The summed E-state index contributed by atoms with van der Waals surface area (Å²) in [6.07, 6.45) is -1.37. The Kier molecular flexibility index (Phi) is 2.39. The topological polar surface area (TPSA) is 157 Å². The molecule has 0 spiro atoms. The van der Waals surface area contributed by atoms with Crippen LogP contribution >= 0.6 is 0 Å². The molecule has 0 bridgehead atoms. The van der Waals surface area contributed by atoms with Crippen molar-refractivity contribution >= 4 is 17.9 Å². The molecule has 0 amide bonds. The first-order valence-electron chi connectivity index (χ1n) is 3.54. The van der Waals surface area contributed by atoms with Crippen LogP contribution in [-0.4, -0.2) is 49.7 Å². The SMILES string of the molecule is O=C(O)CC(O)(C(=O)O)C1(C(=O)O)OO1. The van der Waals surface area contributed by atoms with E-state index in [-0.39, 0.29) is 0 Å². The van der Waals surface area contributed by atoms with Crippen molar-refractivity contribution in [3.8, 4) is 0 Å². The summed E-state index contributed by atoms with van der Waals surface area (Å²) in [5.74, 6) is -8.55. The van der Waals surface area contributed by atoms with E-state index in [2.05, 4.69) is 9.78 Å². The van der Waals surface area contributed by atoms with Gasteiger partial charge in [-0.3, -0.25) is 4.79 Å². The zero-order chi connectivity index (χ0) is 11.9. The number of hydrogen-bond acceptors (Lipinski definition) is 6. The Hall–Kier alpha value is -1.71. The highest BCUT2D eigenvalue weighted by atomic mass is 17.4. The monoisotopic (exact) mass is 222 g/mol. The van der Waals surface area contributed by atoms with Crippen LogP contribution in [0, 0.1) is 0 Å². The van der Waals surface area contributed by atoms with Crippen LogP contribution < -0.4 is 0 Å². The van der Waals surface area contributed by atoms with E-state index in [1.165, 1.54) is 0 Å². The second-order valence-electron chi connectivity index (χ2n) is 2.82. The molecule has 1 unspecified atom stereocenters. The fraction of sp³-hybridized carbons (Fsp3) is 0.500. The third-order valence-electron chi connectivity index (χ3n) is 1.84. The van der Waals surface area contributed by atoms with Gasteiger partial charge in [-0.2, -0.15) is 9.78 Å². The minimum Gasteiger partial charge on any atom is -0.481 e. The van der Waals surface area contributed by atoms with Crippen LogP contribution in [0.1, 0.15) is 6.42 Å². The van der Waals surface area contributed by atoms with Crippen LogP contribution in [0.25, 0.3) is 0 Å². The normalized spacial score (nSPS) is 21.4. The zero-order valence-corrected chi connectivity index (χ0v) is 7.04. The van der Waals surface area contributed by atoms with Gasteiger partial charge in [0.2, 0.25) is 5.60 Å². The lowest BCUT2D eigenvalue weighted by Gasteiger charge is -2.21. The van der Waals surface area contributed by atoms with Crippen molar-refractivity contribution in [3.63, 3.8) is 0 Å². The molecule has 0 aromatic rings. The van der Waals surface area contributed by atoms with Gasteiger partial charge in [-0.15, -0.1) is 0 Å². The van der Waals surface area contributed by atoms with Crippen molar-refractivity contribution in [2.24, 2.45) is 0 Å². The van der Waals surface area contributed by atoms with Crippen molar-refractivity contribution in [1.29, 1.82) is 0 Å². The summed E-state index contributed by atoms with van der Waals surface area (Å²) < 4.78 is 0. The fourth-order valence-corrected chi connectivity index (χ4v) is 0.979. The van der Waals surface area contributed by atoms with E-state index >= 15 is 0 Å². The van der Waals surface area contributed by atoms with E-state index in [4.69, 9.17) is 15.3 Å². The molecule has 1 saturated heterocycles. The highest BCUT2D eigenvalue weighted by Crippen LogP contribution is 2.43. The largest absolute Gasteiger partial charge is 0.481 e. The lowest BCUT2D eigenvalue weighted by atomic mass is 9.90. The van der Waals surface area contributed by atoms with E-state index in [1.54, 1.807) is 0 Å². The Balaban J connectivity index is 3.07. The predicted molar refractivity (Wildman–Crippen MR) is 37.4 cm³/mol. The Labute approximate surface area is 81.4 Å². The lowest BCUT2D eigenvalue weighted by Crippen LogP contribution is -2.57. The minimum atomic E-state index is -3.18. The van der Waals surface area contributed by atoms with Crippen molar-refractivity contribution in [2.45, 2.75) is 17.8 Å². The zero-order valence-electron chi connectivity index (χ0n) is 7.04. The van der Waals surface area contributed by atoms with Crippen molar-refractivity contribution in [2.75, 3.05) is 0 Å². The van der Waals surface area contributed by atoms with E-state index in [0.717, 1.165) is 0 Å². The maximum absolute atomic E-state index is 10.6. The molecule has 0 saturated carbocycles. The molecule has 1 fully saturated rings. The summed E-state index contributed by atoms with van der Waals surface area (Å²) in [6.45, 7) is 0. The number of carboxylic acid groups (broad SMARTS) is 3. The molecule has 1 aliphatic heterocycles. The first kappa shape index (κ1) is 11.4. The van der Waals surface area contributed by atoms with Crippen LogP contribution in [-0.2, 0) is 24.2 Å². The van der Waals surface area contributed by atoms with Gasteiger partial charge in [0, 0.05) is 0 Å². The number of aliphatic carboxylic acids is 3. The van der Waals surface area contributed by atoms with Gasteiger partial charge in [-0.05, 0) is 0 Å². The van der Waals surface area contributed by atoms with Gasteiger partial charge < -0.3 is 20.4 Å². The van der Waals surface area contributed by atoms with Crippen LogP contribution in [0.5, 0.6) is 0 Å². The van der Waals surface area contributed by atoms with Gasteiger partial charge in [0.05, 0.1) is 6.42 Å². The summed E-state index contributed by atoms with van der Waals surface area (Å²) >= 11 is 0. The number of carbonyl (C=O) groups is 3. The van der Waals surface area contributed by atoms with E-state index in [1.807, 2.05) is 0 Å². The summed E-state index contributed by atoms with van der Waals surface area (Å²) in [7, 11) is 0. The summed E-state index contributed by atoms with van der Waals surface area (Å²) in [5, 5.41) is 34.9. The van der Waals surface area contributed by atoms with Gasteiger partial charge in [-0.25, -0.2) is 9.59 Å². The van der Waals surface area contributed by atoms with Gasteiger partial charge >= 0.3 is 23.7 Å². The van der Waals surface area contributed by atoms with Gasteiger partial charge in [0.15, 0.2) is 0 Å². The molecule has 4 N–H and O–H groups in total. The maximum Gasteiger partial charge on any atom is 0.374 e. The number of rotatable bonds is 5. The average molecular weight is 222 g/mol. The molecule has 1 aliphatic rings. The summed E-state index contributed by atoms with van der Waals surface area (Å²) in [4.78, 5) is 39.2. The van der Waals surface area contributed by atoms with E-state index in [0.29, 0.717) is 0 Å². The van der Waals surface area contributed by atoms with Gasteiger partial charge in [0.1, 0.15) is 0 Å². The molecule has 0 aromatic carbocycles. The first-order chi connectivity index (χ1) is 6.76. The molecule has 0 aliphatic carbocycles. The lowest BCUT2D eigenvalue weighted by molar-refractivity contribution is -0.183. The molecule has 15 heavy (non-hydrogen) atoms. The summed E-state index contributed by atoms with van der Waals surface area (Å²) in [6, 6.07) is 0. The Morgan fingerprint density at radius 3 is 1.80 bits per heavy atom. The molecule has 1 atom stereocenters. The quantitative estimate of drug-likeness (QED) is 0.305. The van der Waals surface area contributed by atoms with Crippen LogP contribution in [0.3, 0.4) is 0 Å². The Morgan fingerprint density at radius 1 is 1.13 bits per heavy atom. The molecule has 0 aromatic heterocycles. The Morgan fingerprint density at radius 2 is 1.60 bits per heavy atom. The van der Waals surface area contributed by atoms with Crippen LogP contribution in [0.15, 0.2) is 0 Å². The number of hydrogen-bond donors (Lipinski definition) is 4. The van der Waals surface area contributed by atoms with Gasteiger partial charge in [-0.1, -0.05) is 0 Å². The van der Waals surface area contributed by atoms with Crippen LogP contribution in [0.4, 0.5) is 0 Å². The molecule has 9 nitrogen and oxygen atoms in total. The molecular weight excluding hydrogens is 216 g/mol. The third kappa shape index (κ3) is 1.52. The minimum absolute atomic E-state index is 1.37. The second-order valence-corrected chi connectivity index (χ2v) is 2.82. The van der Waals surface area contributed by atoms with Crippen molar-refractivity contribution < 1.29 is 44.6 Å². The second kappa shape index (κ2) is 3.15. The number of aliphatic hydroxyl groups is 1. The fourth-order valence-electron chi connectivity index (χ4n) is 0.979. The van der Waals surface area contributed by atoms with E-state index < -0.39 is 35.7 Å². The highest BCUT2D eigenvalue weighted by molar-refractivity contribution is 5.93. The molecule has 1 rings (SSSR count). The Bertz CT molecular complexity index is 329. The third-order valence-corrected chi connectivity index (χ3v) is 1.84. The summed E-state index contributed by atoms with van der Waals surface area (Å²) in [5.41, 5.74) is -3.18. The molecule has 84 valence electrons. The smallest absolute Gasteiger partial charge is 0.374 e. The predicted octanol–water partition coefficient (Wildman–Crippen LogP) is -1.98. The standard InChI is InChI=1S/C6H6O9/c7-2(8)1-5(13,3(9)10)6(4(11)12)14-15-6/h13H,1H2,(H,7,8)(H,9,10)(H,11,12). The maximum atomic E-state index is 10.6. The van der Waals surface area contributed by atoms with Crippen molar-refractivity contribution in [3.05, 3.63) is 0 Å². The molecule has 1 heterocycles. The van der Waals surface area contributed by atoms with E-state index in [9.17, 15) is 19.5 Å². The number of carboxylic acids is 3.